The topological polar surface area (TPSA) is 40.5 Å². The Kier molecular flexibility index (Phi) is 14.3. The fraction of sp³-hybridized carbons (Fsp3) is 1.00. The van der Waals surface area contributed by atoms with Crippen molar-refractivity contribution >= 4 is 0 Å². The van der Waals surface area contributed by atoms with Gasteiger partial charge < -0.3 is 10.2 Å². The van der Waals surface area contributed by atoms with E-state index in [2.05, 4.69) is 6.92 Å². The van der Waals surface area contributed by atoms with Crippen LogP contribution in [0.4, 0.5) is 0 Å². The van der Waals surface area contributed by atoms with Crippen molar-refractivity contribution in [2.45, 2.75) is 110 Å². The number of aliphatic hydroxyl groups excluding tert-OH is 2. The fourth-order valence-corrected chi connectivity index (χ4v) is 2.48. The van der Waals surface area contributed by atoms with E-state index in [0.717, 1.165) is 25.7 Å². The summed E-state index contributed by atoms with van der Waals surface area (Å²) < 4.78 is 0. The zero-order valence-electron chi connectivity index (χ0n) is 13.2. The number of aliphatic hydroxyl groups is 2. The van der Waals surface area contributed by atoms with Gasteiger partial charge in [0, 0.05) is 0 Å². The van der Waals surface area contributed by atoms with Crippen LogP contribution in [-0.2, 0) is 0 Å². The predicted molar refractivity (Wildman–Crippen MR) is 83.4 cm³/mol. The van der Waals surface area contributed by atoms with Crippen LogP contribution < -0.4 is 0 Å². The number of hydrogen-bond acceptors (Lipinski definition) is 2. The van der Waals surface area contributed by atoms with Crippen LogP contribution in [0.15, 0.2) is 0 Å². The van der Waals surface area contributed by atoms with Crippen molar-refractivity contribution in [1.29, 1.82) is 0 Å². The minimum atomic E-state index is -0.130. The zero-order chi connectivity index (χ0) is 14.3. The van der Waals surface area contributed by atoms with E-state index in [9.17, 15) is 5.11 Å². The lowest BCUT2D eigenvalue weighted by atomic mass is 10.0. The van der Waals surface area contributed by atoms with Gasteiger partial charge in [0.25, 0.3) is 0 Å². The highest BCUT2D eigenvalue weighted by atomic mass is 16.3. The number of hydrogen-bond donors (Lipinski definition) is 2. The van der Waals surface area contributed by atoms with E-state index < -0.39 is 0 Å². The molecule has 0 aliphatic rings. The lowest BCUT2D eigenvalue weighted by Crippen LogP contribution is -2.05. The molecule has 0 aliphatic heterocycles. The van der Waals surface area contributed by atoms with Crippen LogP contribution in [0, 0.1) is 0 Å². The summed E-state index contributed by atoms with van der Waals surface area (Å²) in [6.45, 7) is 4.07. The Morgan fingerprint density at radius 3 is 1.53 bits per heavy atom. The summed E-state index contributed by atoms with van der Waals surface area (Å²) >= 11 is 0. The molecule has 0 saturated heterocycles. The Balaban J connectivity index is 3.09. The van der Waals surface area contributed by atoms with E-state index in [4.69, 9.17) is 5.11 Å². The first kappa shape index (κ1) is 18.9. The molecule has 2 N–H and O–H groups in total. The molecule has 19 heavy (non-hydrogen) atoms. The Morgan fingerprint density at radius 2 is 1.05 bits per heavy atom. The minimum absolute atomic E-state index is 0.0578. The average molecular weight is 272 g/mol. The minimum Gasteiger partial charge on any atom is -0.393 e. The van der Waals surface area contributed by atoms with Crippen LogP contribution in [-0.4, -0.2) is 22.4 Å². The molecule has 2 heteroatoms. The first-order chi connectivity index (χ1) is 9.16. The van der Waals surface area contributed by atoms with E-state index in [1.54, 1.807) is 0 Å². The molecule has 2 nitrogen and oxygen atoms in total. The molecule has 0 spiro atoms. The Bertz CT molecular complexity index is 169. The van der Waals surface area contributed by atoms with Crippen LogP contribution in [0.3, 0.4) is 0 Å². The quantitative estimate of drug-likeness (QED) is 0.445. The van der Waals surface area contributed by atoms with Crippen molar-refractivity contribution in [3.05, 3.63) is 0 Å². The van der Waals surface area contributed by atoms with Crippen molar-refractivity contribution in [3.8, 4) is 0 Å². The van der Waals surface area contributed by atoms with Gasteiger partial charge in [-0.25, -0.2) is 0 Å². The van der Waals surface area contributed by atoms with Gasteiger partial charge in [-0.15, -0.1) is 0 Å². The molecule has 116 valence electrons. The summed E-state index contributed by atoms with van der Waals surface area (Å²) in [7, 11) is 0. The van der Waals surface area contributed by atoms with E-state index in [1.807, 2.05) is 6.92 Å². The number of rotatable bonds is 14. The van der Waals surface area contributed by atoms with Crippen LogP contribution in [0.25, 0.3) is 0 Å². The largest absolute Gasteiger partial charge is 0.393 e. The van der Waals surface area contributed by atoms with Crippen LogP contribution >= 0.6 is 0 Å². The molecule has 0 radical (unpaired) electrons. The molecule has 0 aromatic carbocycles. The Morgan fingerprint density at radius 1 is 0.632 bits per heavy atom. The molecule has 0 fully saturated rings. The SMILES string of the molecule is CCCCC[C@H](O)CCCCCCCCC[C@H](C)O. The molecular formula is C17H36O2. The van der Waals surface area contributed by atoms with Crippen LogP contribution in [0.5, 0.6) is 0 Å². The second kappa shape index (κ2) is 14.3. The molecule has 0 aromatic rings. The van der Waals surface area contributed by atoms with Crippen molar-refractivity contribution < 1.29 is 10.2 Å². The molecule has 0 saturated carbocycles. The molecule has 2 atom stereocenters. The summed E-state index contributed by atoms with van der Waals surface area (Å²) in [6.07, 6.45) is 15.2. The van der Waals surface area contributed by atoms with Crippen LogP contribution in [0.1, 0.15) is 97.3 Å². The van der Waals surface area contributed by atoms with Crippen molar-refractivity contribution in [1.82, 2.24) is 0 Å². The molecule has 0 aromatic heterocycles. The molecular weight excluding hydrogens is 236 g/mol. The van der Waals surface area contributed by atoms with Gasteiger partial charge in [0.2, 0.25) is 0 Å². The second-order valence-electron chi connectivity index (χ2n) is 6.05. The highest BCUT2D eigenvalue weighted by Crippen LogP contribution is 2.13. The zero-order valence-corrected chi connectivity index (χ0v) is 13.2. The van der Waals surface area contributed by atoms with E-state index in [-0.39, 0.29) is 12.2 Å². The highest BCUT2D eigenvalue weighted by Gasteiger charge is 2.03. The van der Waals surface area contributed by atoms with Gasteiger partial charge in [-0.2, -0.15) is 0 Å². The average Bonchev–Trinajstić information content (AvgIpc) is 2.36. The van der Waals surface area contributed by atoms with Gasteiger partial charge in [-0.3, -0.25) is 0 Å². The van der Waals surface area contributed by atoms with Crippen molar-refractivity contribution in [3.63, 3.8) is 0 Å². The summed E-state index contributed by atoms with van der Waals surface area (Å²) in [5.41, 5.74) is 0. The highest BCUT2D eigenvalue weighted by molar-refractivity contribution is 4.57. The lowest BCUT2D eigenvalue weighted by Gasteiger charge is -2.09. The molecule has 0 amide bonds. The molecule has 0 bridgehead atoms. The smallest absolute Gasteiger partial charge is 0.0540 e. The predicted octanol–water partition coefficient (Wildman–Crippen LogP) is 4.82. The maximum absolute atomic E-state index is 9.78. The van der Waals surface area contributed by atoms with Gasteiger partial charge in [-0.1, -0.05) is 71.1 Å². The third-order valence-electron chi connectivity index (χ3n) is 3.80. The summed E-state index contributed by atoms with van der Waals surface area (Å²) in [5.74, 6) is 0. The molecule has 0 heterocycles. The normalized spacial score (nSPS) is 14.5. The van der Waals surface area contributed by atoms with E-state index >= 15 is 0 Å². The van der Waals surface area contributed by atoms with Crippen molar-refractivity contribution in [2.24, 2.45) is 0 Å². The summed E-state index contributed by atoms with van der Waals surface area (Å²) in [4.78, 5) is 0. The number of unbranched alkanes of at least 4 members (excludes halogenated alkanes) is 8. The van der Waals surface area contributed by atoms with Crippen molar-refractivity contribution in [2.75, 3.05) is 0 Å². The molecule has 0 unspecified atom stereocenters. The Hall–Kier alpha value is -0.0800. The van der Waals surface area contributed by atoms with Crippen LogP contribution in [0.2, 0.25) is 0 Å². The first-order valence-corrected chi connectivity index (χ1v) is 8.53. The standard InChI is InChI=1S/C17H36O2/c1-3-4-10-14-17(19)15-12-9-7-5-6-8-11-13-16(2)18/h16-19H,3-15H2,1-2H3/t16-,17-/m0/s1. The Labute approximate surface area is 120 Å². The second-order valence-corrected chi connectivity index (χ2v) is 6.05. The van der Waals surface area contributed by atoms with Gasteiger partial charge >= 0.3 is 0 Å². The van der Waals surface area contributed by atoms with E-state index in [0.29, 0.717) is 0 Å². The third kappa shape index (κ3) is 15.9. The fourth-order valence-electron chi connectivity index (χ4n) is 2.48. The van der Waals surface area contributed by atoms with Gasteiger partial charge in [0.1, 0.15) is 0 Å². The van der Waals surface area contributed by atoms with Gasteiger partial charge in [-0.05, 0) is 26.2 Å². The monoisotopic (exact) mass is 272 g/mol. The third-order valence-corrected chi connectivity index (χ3v) is 3.80. The van der Waals surface area contributed by atoms with Gasteiger partial charge in [0.05, 0.1) is 12.2 Å². The maximum atomic E-state index is 9.78. The molecule has 0 rings (SSSR count). The summed E-state index contributed by atoms with van der Waals surface area (Å²) in [5, 5.41) is 18.9. The van der Waals surface area contributed by atoms with E-state index in [1.165, 1.54) is 57.8 Å². The first-order valence-electron chi connectivity index (χ1n) is 8.53. The lowest BCUT2D eigenvalue weighted by molar-refractivity contribution is 0.147. The molecule has 0 aliphatic carbocycles. The summed E-state index contributed by atoms with van der Waals surface area (Å²) in [6, 6.07) is 0. The van der Waals surface area contributed by atoms with Gasteiger partial charge in [0.15, 0.2) is 0 Å². The maximum Gasteiger partial charge on any atom is 0.0540 e.